The Morgan fingerprint density at radius 3 is 2.49 bits per heavy atom. The number of aryl methyl sites for hydroxylation is 1. The number of carbonyl (C=O) groups excluding carboxylic acids is 1. The van der Waals surface area contributed by atoms with Crippen molar-refractivity contribution in [3.8, 4) is 5.75 Å². The molecule has 0 amide bonds. The summed E-state index contributed by atoms with van der Waals surface area (Å²) >= 11 is 0. The lowest BCUT2D eigenvalue weighted by Crippen LogP contribution is -2.23. The van der Waals surface area contributed by atoms with Crippen LogP contribution < -0.4 is 4.74 Å². The average Bonchev–Trinajstić information content (AvgIpc) is 3.22. The first-order valence-electron chi connectivity index (χ1n) is 12.8. The molecular formula is C32H32N2O3. The van der Waals surface area contributed by atoms with Crippen LogP contribution in [0, 0.1) is 6.92 Å². The number of aliphatic hydroxyl groups excluding tert-OH is 1. The molecule has 1 atom stereocenters. The molecule has 0 saturated heterocycles. The average molecular weight is 493 g/mol. The van der Waals surface area contributed by atoms with Gasteiger partial charge in [0.2, 0.25) is 0 Å². The number of fused-ring (bicyclic) bond motifs is 1. The smallest absolute Gasteiger partial charge is 0.164 e. The summed E-state index contributed by atoms with van der Waals surface area (Å²) in [6, 6.07) is 26.4. The molecule has 188 valence electrons. The number of allylic oxidation sites excluding steroid dienone is 2. The molecule has 1 aromatic heterocycles. The number of aliphatic hydroxyl groups is 1. The maximum absolute atomic E-state index is 12.4. The zero-order valence-corrected chi connectivity index (χ0v) is 21.3. The number of ketones is 1. The predicted octanol–water partition coefficient (Wildman–Crippen LogP) is 7.02. The van der Waals surface area contributed by atoms with E-state index in [1.807, 2.05) is 42.5 Å². The summed E-state index contributed by atoms with van der Waals surface area (Å²) in [5.41, 5.74) is 6.73. The molecule has 1 heterocycles. The van der Waals surface area contributed by atoms with E-state index in [2.05, 4.69) is 48.3 Å². The molecule has 0 radical (unpaired) electrons. The number of Topliss-reactive ketones (excluding diaryl/α,β-unsaturated/α-hetero) is 1. The Hall–Kier alpha value is -4.12. The van der Waals surface area contributed by atoms with Gasteiger partial charge in [0.15, 0.2) is 5.78 Å². The number of rotatable bonds is 8. The number of benzene rings is 3. The van der Waals surface area contributed by atoms with E-state index in [-0.39, 0.29) is 17.5 Å². The van der Waals surface area contributed by atoms with Crippen molar-refractivity contribution < 1.29 is 14.6 Å². The molecule has 37 heavy (non-hydrogen) atoms. The highest BCUT2D eigenvalue weighted by Crippen LogP contribution is 2.34. The maximum Gasteiger partial charge on any atom is 0.164 e. The van der Waals surface area contributed by atoms with E-state index in [9.17, 15) is 9.90 Å². The summed E-state index contributed by atoms with van der Waals surface area (Å²) in [6.07, 6.45) is 1.83. The number of ether oxygens (including phenoxy) is 1. The Kier molecular flexibility index (Phi) is 7.22. The zero-order valence-electron chi connectivity index (χ0n) is 21.3. The van der Waals surface area contributed by atoms with E-state index in [0.717, 1.165) is 39.9 Å². The largest absolute Gasteiger partial charge is 0.511 e. The van der Waals surface area contributed by atoms with Crippen molar-refractivity contribution in [3.63, 3.8) is 0 Å². The summed E-state index contributed by atoms with van der Waals surface area (Å²) in [5.74, 6) is 0.955. The molecule has 0 aliphatic heterocycles. The number of aromatic nitrogens is 1. The second kappa shape index (κ2) is 10.9. The third-order valence-electron chi connectivity index (χ3n) is 7.08. The molecule has 1 aliphatic rings. The number of hydrogen-bond donors (Lipinski definition) is 2. The van der Waals surface area contributed by atoms with Crippen molar-refractivity contribution in [3.05, 3.63) is 113 Å². The first kappa shape index (κ1) is 24.6. The van der Waals surface area contributed by atoms with Gasteiger partial charge in [0.25, 0.3) is 0 Å². The summed E-state index contributed by atoms with van der Waals surface area (Å²) in [4.78, 5) is 20.7. The number of H-pyrrole nitrogens is 1. The van der Waals surface area contributed by atoms with E-state index in [1.54, 1.807) is 0 Å². The highest BCUT2D eigenvalue weighted by Gasteiger charge is 2.29. The highest BCUT2D eigenvalue weighted by atomic mass is 16.5. The van der Waals surface area contributed by atoms with Crippen LogP contribution in [0.25, 0.3) is 10.9 Å². The molecule has 5 nitrogen and oxygen atoms in total. The van der Waals surface area contributed by atoms with E-state index < -0.39 is 0 Å². The molecule has 4 aromatic rings. The van der Waals surface area contributed by atoms with Gasteiger partial charge in [0, 0.05) is 35.3 Å². The lowest BCUT2D eigenvalue weighted by atomic mass is 9.81. The van der Waals surface area contributed by atoms with Crippen molar-refractivity contribution in [2.75, 3.05) is 6.54 Å². The number of aromatic amines is 1. The first-order valence-corrected chi connectivity index (χ1v) is 12.8. The fourth-order valence-electron chi connectivity index (χ4n) is 5.24. The SMILES string of the molecule is CC(=O)C1=C(O)C[C@@H](c2ccccc2)CC1=NCCc1c(C)[nH]c2ccc(OCc3ccccc3)cc12. The normalized spacial score (nSPS) is 16.9. The van der Waals surface area contributed by atoms with Gasteiger partial charge in [0.1, 0.15) is 18.1 Å². The summed E-state index contributed by atoms with van der Waals surface area (Å²) < 4.78 is 6.06. The Balaban J connectivity index is 1.35. The van der Waals surface area contributed by atoms with Gasteiger partial charge in [-0.15, -0.1) is 0 Å². The summed E-state index contributed by atoms with van der Waals surface area (Å²) in [6.45, 7) is 4.63. The third kappa shape index (κ3) is 5.51. The van der Waals surface area contributed by atoms with Gasteiger partial charge in [-0.25, -0.2) is 0 Å². The molecular weight excluding hydrogens is 460 g/mol. The number of aliphatic imine (C=N–C) groups is 1. The van der Waals surface area contributed by atoms with E-state index in [4.69, 9.17) is 9.73 Å². The van der Waals surface area contributed by atoms with Crippen LogP contribution in [0.5, 0.6) is 5.75 Å². The van der Waals surface area contributed by atoms with Crippen LogP contribution in [0.3, 0.4) is 0 Å². The Morgan fingerprint density at radius 2 is 1.76 bits per heavy atom. The van der Waals surface area contributed by atoms with E-state index in [1.165, 1.54) is 12.5 Å². The van der Waals surface area contributed by atoms with Crippen LogP contribution in [0.2, 0.25) is 0 Å². The van der Waals surface area contributed by atoms with Crippen molar-refractivity contribution in [2.45, 2.75) is 45.6 Å². The zero-order chi connectivity index (χ0) is 25.8. The number of nitrogens with zero attached hydrogens (tertiary/aromatic N) is 1. The molecule has 0 spiro atoms. The van der Waals surface area contributed by atoms with Gasteiger partial charge >= 0.3 is 0 Å². The Labute approximate surface area is 217 Å². The van der Waals surface area contributed by atoms with Crippen molar-refractivity contribution in [1.82, 2.24) is 4.98 Å². The predicted molar refractivity (Wildman–Crippen MR) is 149 cm³/mol. The molecule has 0 bridgehead atoms. The van der Waals surface area contributed by atoms with Crippen molar-refractivity contribution >= 4 is 22.4 Å². The van der Waals surface area contributed by atoms with Gasteiger partial charge in [-0.05, 0) is 67.5 Å². The monoisotopic (exact) mass is 492 g/mol. The molecule has 0 unspecified atom stereocenters. The molecule has 5 rings (SSSR count). The molecule has 0 saturated carbocycles. The topological polar surface area (TPSA) is 74.7 Å². The molecule has 0 fully saturated rings. The highest BCUT2D eigenvalue weighted by molar-refractivity contribution is 6.22. The minimum atomic E-state index is -0.133. The van der Waals surface area contributed by atoms with Gasteiger partial charge in [-0.1, -0.05) is 60.7 Å². The second-order valence-electron chi connectivity index (χ2n) is 9.68. The van der Waals surface area contributed by atoms with Gasteiger partial charge < -0.3 is 14.8 Å². The Morgan fingerprint density at radius 1 is 1.03 bits per heavy atom. The first-order chi connectivity index (χ1) is 18.0. The minimum Gasteiger partial charge on any atom is -0.511 e. The van der Waals surface area contributed by atoms with Crippen molar-refractivity contribution in [1.29, 1.82) is 0 Å². The van der Waals surface area contributed by atoms with Gasteiger partial charge in [-0.2, -0.15) is 0 Å². The van der Waals surface area contributed by atoms with Crippen LogP contribution in [-0.2, 0) is 17.8 Å². The quantitative estimate of drug-likeness (QED) is 0.278. The van der Waals surface area contributed by atoms with E-state index in [0.29, 0.717) is 37.3 Å². The van der Waals surface area contributed by atoms with Crippen LogP contribution in [0.4, 0.5) is 0 Å². The van der Waals surface area contributed by atoms with Gasteiger partial charge in [-0.3, -0.25) is 9.79 Å². The Bertz CT molecular complexity index is 1470. The lowest BCUT2D eigenvalue weighted by molar-refractivity contribution is -0.113. The van der Waals surface area contributed by atoms with Crippen LogP contribution in [0.15, 0.2) is 95.2 Å². The molecule has 2 N–H and O–H groups in total. The third-order valence-corrected chi connectivity index (χ3v) is 7.08. The number of nitrogens with one attached hydrogen (secondary N) is 1. The minimum absolute atomic E-state index is 0.113. The summed E-state index contributed by atoms with van der Waals surface area (Å²) in [5, 5.41) is 11.9. The second-order valence-corrected chi connectivity index (χ2v) is 9.68. The number of carbonyl (C=O) groups is 1. The lowest BCUT2D eigenvalue weighted by Gasteiger charge is -2.25. The summed E-state index contributed by atoms with van der Waals surface area (Å²) in [7, 11) is 0. The standard InChI is InChI=1S/C32H32N2O3/c1-21-27(28-19-26(13-14-29(28)34-21)37-20-23-9-5-3-6-10-23)15-16-33-30-17-25(24-11-7-4-8-12-24)18-31(36)32(30)22(2)35/h3-14,19,25,34,36H,15-18,20H2,1-2H3/t25-/m0/s1. The van der Waals surface area contributed by atoms with E-state index >= 15 is 0 Å². The maximum atomic E-state index is 12.4. The molecule has 5 heteroatoms. The fraction of sp³-hybridized carbons (Fsp3) is 0.250. The number of hydrogen-bond acceptors (Lipinski definition) is 4. The van der Waals surface area contributed by atoms with Crippen LogP contribution >= 0.6 is 0 Å². The fourth-order valence-corrected chi connectivity index (χ4v) is 5.24. The van der Waals surface area contributed by atoms with Gasteiger partial charge in [0.05, 0.1) is 5.57 Å². The molecule has 3 aromatic carbocycles. The van der Waals surface area contributed by atoms with Crippen LogP contribution in [0.1, 0.15) is 48.1 Å². The van der Waals surface area contributed by atoms with Crippen molar-refractivity contribution in [2.24, 2.45) is 4.99 Å². The molecule has 1 aliphatic carbocycles. The van der Waals surface area contributed by atoms with Crippen LogP contribution in [-0.4, -0.2) is 28.1 Å².